The van der Waals surface area contributed by atoms with E-state index < -0.39 is 37.9 Å². The molecule has 2 aromatic carbocycles. The average molecular weight is 704 g/mol. The Kier molecular flexibility index (Phi) is 8.56. The van der Waals surface area contributed by atoms with Gasteiger partial charge < -0.3 is 9.84 Å². The maximum Gasteiger partial charge on any atom is 0.304 e. The molecule has 242 valence electrons. The molecule has 3 aromatic heterocycles. The van der Waals surface area contributed by atoms with Gasteiger partial charge in [-0.15, -0.1) is 16.4 Å². The molecule has 1 N–H and O–H groups in total. The van der Waals surface area contributed by atoms with E-state index in [1.54, 1.807) is 19.1 Å². The molecule has 0 fully saturated rings. The molecular formula is C30H30ClN5O7S3. The minimum absolute atomic E-state index is 0.00892. The summed E-state index contributed by atoms with van der Waals surface area (Å²) < 4.78 is 61.3. The first-order valence-electron chi connectivity index (χ1n) is 14.3. The zero-order chi connectivity index (χ0) is 33.0. The van der Waals surface area contributed by atoms with Crippen LogP contribution in [0.3, 0.4) is 0 Å². The van der Waals surface area contributed by atoms with Crippen molar-refractivity contribution in [2.24, 2.45) is 0 Å². The number of hydrogen-bond donors (Lipinski definition) is 1. The van der Waals surface area contributed by atoms with Crippen LogP contribution in [0.15, 0.2) is 52.9 Å². The highest BCUT2D eigenvalue weighted by atomic mass is 35.5. The number of aromatic nitrogens is 4. The van der Waals surface area contributed by atoms with Crippen LogP contribution in [-0.2, 0) is 37.1 Å². The molecule has 5 aromatic rings. The van der Waals surface area contributed by atoms with E-state index in [0.29, 0.717) is 39.7 Å². The van der Waals surface area contributed by atoms with Crippen molar-refractivity contribution in [1.82, 2.24) is 24.3 Å². The number of sulfonamides is 1. The van der Waals surface area contributed by atoms with Crippen molar-refractivity contribution in [3.05, 3.63) is 75.3 Å². The molecule has 0 saturated carbocycles. The molecule has 1 aliphatic heterocycles. The summed E-state index contributed by atoms with van der Waals surface area (Å²) in [6.45, 7) is 3.81. The number of halogens is 1. The number of ether oxygens (including phenoxy) is 1. The standard InChI is InChI=1S/C30H30ClN5O7S3/c1-4-22-15-35(46(41,42)26-11-21(31)13-32-30(26)43-22)14-20-10-19(9-18-7-8-44-29(18)20)24(12-27(37)38)23-5-6-25-28(17(23)2)33-34-36(25)16-45(3,39)40/h5-11,13,22,24H,4,12,14-16H2,1-3H3,(H,37,38)/t22-,24?/m1/s1. The van der Waals surface area contributed by atoms with Crippen LogP contribution in [0.25, 0.3) is 21.1 Å². The van der Waals surface area contributed by atoms with Gasteiger partial charge in [-0.25, -0.2) is 26.5 Å². The van der Waals surface area contributed by atoms with E-state index in [2.05, 4.69) is 15.3 Å². The summed E-state index contributed by atoms with van der Waals surface area (Å²) in [7, 11) is -7.45. The Bertz CT molecular complexity index is 2220. The van der Waals surface area contributed by atoms with Crippen molar-refractivity contribution >= 4 is 69.9 Å². The Hall–Kier alpha value is -3.63. The molecule has 1 unspecified atom stereocenters. The van der Waals surface area contributed by atoms with Crippen molar-refractivity contribution in [3.63, 3.8) is 0 Å². The SMILES string of the molecule is CC[C@@H]1CN(Cc2cc(C(CC(=O)O)c3ccc4c(nnn4CS(C)(=O)=O)c3C)cc3ccsc23)S(=O)(=O)c2cc(Cl)cnc2O1. The van der Waals surface area contributed by atoms with Crippen molar-refractivity contribution in [2.75, 3.05) is 12.8 Å². The van der Waals surface area contributed by atoms with Gasteiger partial charge in [0.15, 0.2) is 9.84 Å². The number of carboxylic acids is 1. The molecule has 0 bridgehead atoms. The van der Waals surface area contributed by atoms with E-state index in [9.17, 15) is 26.7 Å². The molecule has 12 nitrogen and oxygen atoms in total. The zero-order valence-corrected chi connectivity index (χ0v) is 28.2. The van der Waals surface area contributed by atoms with E-state index in [1.807, 2.05) is 30.5 Å². The van der Waals surface area contributed by atoms with E-state index in [4.69, 9.17) is 16.3 Å². The number of nitrogens with zero attached hydrogens (tertiary/aromatic N) is 5. The maximum absolute atomic E-state index is 14.0. The molecule has 1 aliphatic rings. The topological polar surface area (TPSA) is 162 Å². The predicted molar refractivity (Wildman–Crippen MR) is 175 cm³/mol. The number of rotatable bonds is 9. The van der Waals surface area contributed by atoms with Crippen molar-refractivity contribution in [2.45, 2.75) is 56.0 Å². The normalized spacial score (nSPS) is 17.4. The fourth-order valence-corrected chi connectivity index (χ4v) is 9.15. The van der Waals surface area contributed by atoms with Crippen LogP contribution >= 0.6 is 22.9 Å². The van der Waals surface area contributed by atoms with Gasteiger partial charge in [0, 0.05) is 29.6 Å². The van der Waals surface area contributed by atoms with E-state index in [1.165, 1.54) is 32.6 Å². The Morgan fingerprint density at radius 1 is 1.24 bits per heavy atom. The highest BCUT2D eigenvalue weighted by Crippen LogP contribution is 2.39. The lowest BCUT2D eigenvalue weighted by molar-refractivity contribution is -0.137. The summed E-state index contributed by atoms with van der Waals surface area (Å²) in [5.74, 6) is -1.97. The third-order valence-electron chi connectivity index (χ3n) is 8.04. The molecule has 4 heterocycles. The number of aliphatic carboxylic acids is 1. The average Bonchev–Trinajstić information content (AvgIpc) is 3.60. The molecular weight excluding hydrogens is 674 g/mol. The first-order chi connectivity index (χ1) is 21.7. The second-order valence-electron chi connectivity index (χ2n) is 11.4. The number of sulfone groups is 1. The number of carbonyl (C=O) groups is 1. The van der Waals surface area contributed by atoms with Gasteiger partial charge in [-0.1, -0.05) is 35.9 Å². The predicted octanol–water partition coefficient (Wildman–Crippen LogP) is 4.97. The van der Waals surface area contributed by atoms with Crippen LogP contribution in [0.5, 0.6) is 5.88 Å². The summed E-state index contributed by atoms with van der Waals surface area (Å²) in [5, 5.41) is 21.2. The lowest BCUT2D eigenvalue weighted by Crippen LogP contribution is -2.36. The second kappa shape index (κ2) is 12.2. The smallest absolute Gasteiger partial charge is 0.304 e. The molecule has 0 spiro atoms. The van der Waals surface area contributed by atoms with Gasteiger partial charge >= 0.3 is 5.97 Å². The first kappa shape index (κ1) is 32.3. The van der Waals surface area contributed by atoms with Gasteiger partial charge in [0.25, 0.3) is 0 Å². The minimum Gasteiger partial charge on any atom is -0.481 e. The second-order valence-corrected chi connectivity index (χ2v) is 16.7. The maximum atomic E-state index is 14.0. The molecule has 0 radical (unpaired) electrons. The number of aryl methyl sites for hydroxylation is 1. The minimum atomic E-state index is -4.07. The molecule has 0 saturated heterocycles. The van der Waals surface area contributed by atoms with Crippen LogP contribution in [0, 0.1) is 6.92 Å². The van der Waals surface area contributed by atoms with Crippen LogP contribution in [-0.4, -0.2) is 71.1 Å². The largest absolute Gasteiger partial charge is 0.481 e. The molecule has 0 aliphatic carbocycles. The van der Waals surface area contributed by atoms with Gasteiger partial charge in [-0.2, -0.15) is 4.31 Å². The van der Waals surface area contributed by atoms with E-state index in [0.717, 1.165) is 16.3 Å². The number of carboxylic acid groups (broad SMARTS) is 1. The Morgan fingerprint density at radius 2 is 2.02 bits per heavy atom. The number of benzene rings is 2. The van der Waals surface area contributed by atoms with Gasteiger partial charge in [0.2, 0.25) is 15.9 Å². The van der Waals surface area contributed by atoms with Crippen LogP contribution < -0.4 is 4.74 Å². The van der Waals surface area contributed by atoms with Gasteiger partial charge in [-0.05, 0) is 70.6 Å². The molecule has 16 heteroatoms. The zero-order valence-electron chi connectivity index (χ0n) is 25.0. The summed E-state index contributed by atoms with van der Waals surface area (Å²) in [4.78, 5) is 16.3. The van der Waals surface area contributed by atoms with Gasteiger partial charge in [0.1, 0.15) is 22.4 Å². The van der Waals surface area contributed by atoms with Crippen LogP contribution in [0.4, 0.5) is 0 Å². The monoisotopic (exact) mass is 703 g/mol. The quantitative estimate of drug-likeness (QED) is 0.222. The van der Waals surface area contributed by atoms with E-state index in [-0.39, 0.29) is 41.2 Å². The fraction of sp³-hybridized carbons (Fsp3) is 0.333. The number of thiophene rings is 1. The Labute approximate surface area is 274 Å². The summed E-state index contributed by atoms with van der Waals surface area (Å²) in [5.41, 5.74) is 3.76. The highest BCUT2D eigenvalue weighted by molar-refractivity contribution is 7.89. The number of fused-ring (bicyclic) bond motifs is 3. The third kappa shape index (κ3) is 6.21. The van der Waals surface area contributed by atoms with Crippen LogP contribution in [0.1, 0.15) is 47.9 Å². The summed E-state index contributed by atoms with van der Waals surface area (Å²) >= 11 is 7.62. The number of hydrogen-bond acceptors (Lipinski definition) is 10. The molecule has 0 amide bonds. The highest BCUT2D eigenvalue weighted by Gasteiger charge is 2.36. The lowest BCUT2D eigenvalue weighted by atomic mass is 9.84. The van der Waals surface area contributed by atoms with Gasteiger partial charge in [0.05, 0.1) is 23.5 Å². The van der Waals surface area contributed by atoms with Crippen molar-refractivity contribution in [3.8, 4) is 5.88 Å². The van der Waals surface area contributed by atoms with Crippen molar-refractivity contribution in [1.29, 1.82) is 0 Å². The first-order valence-corrected chi connectivity index (χ1v) is 19.1. The molecule has 46 heavy (non-hydrogen) atoms. The fourth-order valence-electron chi connectivity index (χ4n) is 5.85. The Morgan fingerprint density at radius 3 is 2.74 bits per heavy atom. The van der Waals surface area contributed by atoms with Gasteiger partial charge in [-0.3, -0.25) is 4.79 Å². The van der Waals surface area contributed by atoms with E-state index >= 15 is 0 Å². The van der Waals surface area contributed by atoms with Crippen molar-refractivity contribution < 1.29 is 31.5 Å². The van der Waals surface area contributed by atoms with Crippen LogP contribution in [0.2, 0.25) is 5.02 Å². The summed E-state index contributed by atoms with van der Waals surface area (Å²) in [6, 6.07) is 10.5. The number of pyridine rings is 1. The molecule has 6 rings (SSSR count). The lowest BCUT2D eigenvalue weighted by Gasteiger charge is -2.24. The molecule has 2 atom stereocenters. The Balaban J connectivity index is 1.46. The summed E-state index contributed by atoms with van der Waals surface area (Å²) in [6.07, 6.45) is 2.31. The third-order valence-corrected chi connectivity index (χ3v) is 11.8.